The van der Waals surface area contributed by atoms with Gasteiger partial charge in [-0.05, 0) is 40.8 Å². The SMILES string of the molecule is O=C(O)c1ccccc1/C(=N\[O-])c1ccc2c(c1)Cc1ccccc1-2. The molecule has 0 heterocycles. The van der Waals surface area contributed by atoms with Gasteiger partial charge in [0.1, 0.15) is 0 Å². The number of fused-ring (bicyclic) bond motifs is 3. The first-order valence-electron chi connectivity index (χ1n) is 7.93. The number of carbonyl (C=O) groups is 1. The Kier molecular flexibility index (Phi) is 3.58. The molecule has 0 radical (unpaired) electrons. The van der Waals surface area contributed by atoms with Crippen LogP contribution in [0.1, 0.15) is 32.6 Å². The Hall–Kier alpha value is -3.40. The highest BCUT2D eigenvalue weighted by atomic mass is 16.4. The van der Waals surface area contributed by atoms with E-state index in [1.165, 1.54) is 17.2 Å². The quantitative estimate of drug-likeness (QED) is 0.450. The highest BCUT2D eigenvalue weighted by Crippen LogP contribution is 2.37. The highest BCUT2D eigenvalue weighted by Gasteiger charge is 2.20. The van der Waals surface area contributed by atoms with Gasteiger partial charge in [-0.25, -0.2) is 4.79 Å². The van der Waals surface area contributed by atoms with Crippen LogP contribution in [0.15, 0.2) is 71.9 Å². The van der Waals surface area contributed by atoms with E-state index >= 15 is 0 Å². The van der Waals surface area contributed by atoms with E-state index in [1.54, 1.807) is 18.2 Å². The highest BCUT2D eigenvalue weighted by molar-refractivity contribution is 6.17. The topological polar surface area (TPSA) is 72.7 Å². The summed E-state index contributed by atoms with van der Waals surface area (Å²) in [5.74, 6) is -1.08. The third-order valence-electron chi connectivity index (χ3n) is 4.57. The van der Waals surface area contributed by atoms with Crippen LogP contribution in [0.25, 0.3) is 11.1 Å². The number of benzene rings is 3. The summed E-state index contributed by atoms with van der Waals surface area (Å²) in [6.07, 6.45) is 0.798. The van der Waals surface area contributed by atoms with Crippen LogP contribution in [-0.2, 0) is 6.42 Å². The lowest BCUT2D eigenvalue weighted by molar-refractivity contribution is 0.0696. The maximum absolute atomic E-state index is 11.5. The average Bonchev–Trinajstić information content (AvgIpc) is 3.00. The Morgan fingerprint density at radius 3 is 2.32 bits per heavy atom. The molecule has 25 heavy (non-hydrogen) atoms. The number of hydrogen-bond donors (Lipinski definition) is 1. The van der Waals surface area contributed by atoms with Crippen LogP contribution < -0.4 is 0 Å². The third kappa shape index (κ3) is 2.48. The van der Waals surface area contributed by atoms with Gasteiger partial charge in [0.15, 0.2) is 0 Å². The van der Waals surface area contributed by atoms with Gasteiger partial charge in [0.25, 0.3) is 0 Å². The van der Waals surface area contributed by atoms with Gasteiger partial charge < -0.3 is 15.5 Å². The molecule has 0 atom stereocenters. The van der Waals surface area contributed by atoms with Crippen LogP contribution in [0.2, 0.25) is 0 Å². The van der Waals surface area contributed by atoms with Gasteiger partial charge in [-0.3, -0.25) is 0 Å². The van der Waals surface area contributed by atoms with E-state index in [0.29, 0.717) is 11.1 Å². The molecule has 0 bridgehead atoms. The van der Waals surface area contributed by atoms with Crippen LogP contribution >= 0.6 is 0 Å². The summed E-state index contributed by atoms with van der Waals surface area (Å²) in [4.78, 5) is 11.5. The number of aromatic carboxylic acids is 1. The predicted octanol–water partition coefficient (Wildman–Crippen LogP) is 4.29. The van der Waals surface area contributed by atoms with E-state index in [9.17, 15) is 15.1 Å². The molecule has 0 aliphatic heterocycles. The second-order valence-electron chi connectivity index (χ2n) is 6.00. The fourth-order valence-corrected chi connectivity index (χ4v) is 3.43. The fourth-order valence-electron chi connectivity index (χ4n) is 3.43. The van der Waals surface area contributed by atoms with E-state index < -0.39 is 5.97 Å². The molecular weight excluding hydrogens is 314 g/mol. The minimum atomic E-state index is -1.08. The number of rotatable bonds is 3. The maximum atomic E-state index is 11.5. The molecule has 122 valence electrons. The number of nitrogens with zero attached hydrogens (tertiary/aromatic N) is 1. The molecular formula is C21H14NO3-. The average molecular weight is 328 g/mol. The molecule has 0 spiro atoms. The molecule has 1 aliphatic carbocycles. The second-order valence-corrected chi connectivity index (χ2v) is 6.00. The molecule has 0 unspecified atom stereocenters. The molecule has 1 aliphatic rings. The molecule has 0 fully saturated rings. The number of hydrogen-bond acceptors (Lipinski definition) is 3. The first kappa shape index (κ1) is 15.1. The Morgan fingerprint density at radius 2 is 1.56 bits per heavy atom. The summed E-state index contributed by atoms with van der Waals surface area (Å²) >= 11 is 0. The molecule has 1 N–H and O–H groups in total. The molecule has 4 rings (SSSR count). The Morgan fingerprint density at radius 1 is 0.880 bits per heavy atom. The van der Waals surface area contributed by atoms with E-state index in [0.717, 1.165) is 17.5 Å². The first-order valence-corrected chi connectivity index (χ1v) is 7.93. The molecule has 0 saturated heterocycles. The number of carboxylic acids is 1. The number of carboxylic acid groups (broad SMARTS) is 1. The standard InChI is InChI=1S/C21H15NO3/c23-21(24)19-8-4-3-7-18(19)20(22-25)14-9-10-17-15(12-14)11-13-5-1-2-6-16(13)17/h1-10,12,25H,11H2,(H,23,24)/p-1/b22-20-. The fraction of sp³-hybridized carbons (Fsp3) is 0.0476. The van der Waals surface area contributed by atoms with E-state index in [1.807, 2.05) is 30.3 Å². The van der Waals surface area contributed by atoms with Crippen molar-refractivity contribution >= 4 is 11.7 Å². The Labute approximate surface area is 144 Å². The third-order valence-corrected chi connectivity index (χ3v) is 4.57. The van der Waals surface area contributed by atoms with Crippen molar-refractivity contribution in [3.05, 3.63) is 99.8 Å². The van der Waals surface area contributed by atoms with E-state index in [2.05, 4.69) is 17.3 Å². The van der Waals surface area contributed by atoms with Crippen molar-refractivity contribution in [2.45, 2.75) is 6.42 Å². The van der Waals surface area contributed by atoms with Crippen LogP contribution in [-0.4, -0.2) is 16.8 Å². The predicted molar refractivity (Wildman–Crippen MR) is 97.1 cm³/mol. The van der Waals surface area contributed by atoms with Gasteiger partial charge in [0, 0.05) is 11.1 Å². The summed E-state index contributed by atoms with van der Waals surface area (Å²) in [5.41, 5.74) is 5.91. The normalized spacial score (nSPS) is 12.6. The molecule has 4 heteroatoms. The van der Waals surface area contributed by atoms with Crippen molar-refractivity contribution in [3.63, 3.8) is 0 Å². The Balaban J connectivity index is 1.81. The Bertz CT molecular complexity index is 1020. The second kappa shape index (κ2) is 5.91. The summed E-state index contributed by atoms with van der Waals surface area (Å²) in [6, 6.07) is 20.4. The lowest BCUT2D eigenvalue weighted by Gasteiger charge is -2.13. The lowest BCUT2D eigenvalue weighted by atomic mass is 9.95. The summed E-state index contributed by atoms with van der Waals surface area (Å²) in [5, 5.41) is 24.0. The van der Waals surface area contributed by atoms with Gasteiger partial charge in [0.2, 0.25) is 0 Å². The van der Waals surface area contributed by atoms with E-state index in [4.69, 9.17) is 0 Å². The zero-order valence-corrected chi connectivity index (χ0v) is 13.3. The zero-order chi connectivity index (χ0) is 17.4. The smallest absolute Gasteiger partial charge is 0.336 e. The lowest BCUT2D eigenvalue weighted by Crippen LogP contribution is -2.10. The van der Waals surface area contributed by atoms with Crippen LogP contribution in [0.5, 0.6) is 0 Å². The van der Waals surface area contributed by atoms with Crippen LogP contribution in [0, 0.1) is 5.21 Å². The molecule has 0 amide bonds. The van der Waals surface area contributed by atoms with Crippen molar-refractivity contribution in [3.8, 4) is 11.1 Å². The van der Waals surface area contributed by atoms with Gasteiger partial charge in [-0.1, -0.05) is 54.6 Å². The van der Waals surface area contributed by atoms with Gasteiger partial charge in [-0.2, -0.15) is 0 Å². The largest absolute Gasteiger partial charge is 0.791 e. The van der Waals surface area contributed by atoms with Gasteiger partial charge >= 0.3 is 5.97 Å². The summed E-state index contributed by atoms with van der Waals surface area (Å²) in [6.45, 7) is 0. The molecule has 3 aromatic rings. The van der Waals surface area contributed by atoms with Gasteiger partial charge in [-0.15, -0.1) is 0 Å². The maximum Gasteiger partial charge on any atom is 0.336 e. The van der Waals surface area contributed by atoms with Crippen molar-refractivity contribution in [2.75, 3.05) is 0 Å². The molecule has 4 nitrogen and oxygen atoms in total. The minimum Gasteiger partial charge on any atom is -0.791 e. The summed E-state index contributed by atoms with van der Waals surface area (Å²) < 4.78 is 0. The van der Waals surface area contributed by atoms with Crippen LogP contribution in [0.3, 0.4) is 0 Å². The van der Waals surface area contributed by atoms with Crippen molar-refractivity contribution in [2.24, 2.45) is 5.16 Å². The summed E-state index contributed by atoms with van der Waals surface area (Å²) in [7, 11) is 0. The zero-order valence-electron chi connectivity index (χ0n) is 13.3. The molecule has 3 aromatic carbocycles. The van der Waals surface area contributed by atoms with Crippen molar-refractivity contribution in [1.82, 2.24) is 0 Å². The minimum absolute atomic E-state index is 0.0703. The molecule has 0 saturated carbocycles. The van der Waals surface area contributed by atoms with Crippen molar-refractivity contribution in [1.29, 1.82) is 0 Å². The van der Waals surface area contributed by atoms with Gasteiger partial charge in [0.05, 0.1) is 11.3 Å². The van der Waals surface area contributed by atoms with E-state index in [-0.39, 0.29) is 11.3 Å². The monoisotopic (exact) mass is 328 g/mol. The van der Waals surface area contributed by atoms with Crippen molar-refractivity contribution < 1.29 is 9.90 Å². The molecule has 0 aromatic heterocycles. The van der Waals surface area contributed by atoms with Crippen LogP contribution in [0.4, 0.5) is 0 Å². The first-order chi connectivity index (χ1) is 12.2.